The number of carboxylic acids is 1. The van der Waals surface area contributed by atoms with E-state index in [1.165, 1.54) is 14.2 Å². The lowest BCUT2D eigenvalue weighted by atomic mass is 10.0. The lowest BCUT2D eigenvalue weighted by Gasteiger charge is -2.21. The van der Waals surface area contributed by atoms with Gasteiger partial charge in [-0.15, -0.1) is 0 Å². The summed E-state index contributed by atoms with van der Waals surface area (Å²) in [5.41, 5.74) is 3.04. The van der Waals surface area contributed by atoms with Gasteiger partial charge in [-0.05, 0) is 23.1 Å². The molecular weight excluding hydrogens is 407 g/mol. The minimum Gasteiger partial charge on any atom is -0.481 e. The van der Waals surface area contributed by atoms with E-state index in [0.717, 1.165) is 16.7 Å². The lowest BCUT2D eigenvalue weighted by molar-refractivity contribution is -0.137. The Hall–Kier alpha value is -2.51. The standard InChI is InChI=1S/C21H27N2O6P/c1-28-30(27,29-2)15-23-19(21(26)22-13-12-20(24)25)14-16-8-10-18(11-9-16)17-6-4-3-5-7-17/h3-11,19,23H,12-15H2,1-2H3,(H,22,26)(H,24,25)/t19-/m0/s1. The maximum atomic E-state index is 12.6. The van der Waals surface area contributed by atoms with Crippen molar-refractivity contribution in [3.05, 3.63) is 60.2 Å². The second kappa shape index (κ2) is 11.6. The summed E-state index contributed by atoms with van der Waals surface area (Å²) in [4.78, 5) is 23.3. The van der Waals surface area contributed by atoms with Crippen LogP contribution in [-0.4, -0.2) is 50.1 Å². The molecule has 8 nitrogen and oxygen atoms in total. The van der Waals surface area contributed by atoms with E-state index in [0.29, 0.717) is 6.42 Å². The molecule has 0 aliphatic heterocycles. The van der Waals surface area contributed by atoms with Gasteiger partial charge in [0.25, 0.3) is 0 Å². The van der Waals surface area contributed by atoms with Crippen molar-refractivity contribution in [2.45, 2.75) is 18.9 Å². The molecule has 0 fully saturated rings. The van der Waals surface area contributed by atoms with E-state index in [2.05, 4.69) is 10.6 Å². The zero-order chi connectivity index (χ0) is 22.0. The second-order valence-electron chi connectivity index (χ2n) is 6.59. The van der Waals surface area contributed by atoms with Crippen molar-refractivity contribution in [1.82, 2.24) is 10.6 Å². The molecule has 0 unspecified atom stereocenters. The van der Waals surface area contributed by atoms with Crippen LogP contribution in [0.15, 0.2) is 54.6 Å². The van der Waals surface area contributed by atoms with Crippen LogP contribution in [0.4, 0.5) is 0 Å². The van der Waals surface area contributed by atoms with Gasteiger partial charge in [0.1, 0.15) is 0 Å². The van der Waals surface area contributed by atoms with Gasteiger partial charge in [0.15, 0.2) is 0 Å². The molecule has 0 heterocycles. The first-order valence-corrected chi connectivity index (χ1v) is 11.2. The molecule has 2 rings (SSSR count). The Morgan fingerprint density at radius 3 is 2.17 bits per heavy atom. The van der Waals surface area contributed by atoms with Crippen LogP contribution in [0, 0.1) is 0 Å². The minimum absolute atomic E-state index is 0.00546. The quantitative estimate of drug-likeness (QED) is 0.440. The Morgan fingerprint density at radius 1 is 1.00 bits per heavy atom. The Labute approximate surface area is 176 Å². The summed E-state index contributed by atoms with van der Waals surface area (Å²) in [6.45, 7) is 0.00546. The topological polar surface area (TPSA) is 114 Å². The maximum Gasteiger partial charge on any atom is 0.343 e. The van der Waals surface area contributed by atoms with E-state index in [9.17, 15) is 14.2 Å². The first-order chi connectivity index (χ1) is 14.4. The molecule has 0 saturated carbocycles. The zero-order valence-electron chi connectivity index (χ0n) is 17.0. The number of rotatable bonds is 12. The largest absolute Gasteiger partial charge is 0.481 e. The third kappa shape index (κ3) is 7.39. The third-order valence-electron chi connectivity index (χ3n) is 4.54. The summed E-state index contributed by atoms with van der Waals surface area (Å²) < 4.78 is 22.1. The fourth-order valence-corrected chi connectivity index (χ4v) is 3.65. The predicted molar refractivity (Wildman–Crippen MR) is 114 cm³/mol. The van der Waals surface area contributed by atoms with Crippen molar-refractivity contribution in [3.63, 3.8) is 0 Å². The molecule has 162 valence electrons. The Kier molecular flexibility index (Phi) is 9.20. The molecule has 0 saturated heterocycles. The molecule has 0 spiro atoms. The molecule has 3 N–H and O–H groups in total. The summed E-state index contributed by atoms with van der Waals surface area (Å²) in [6, 6.07) is 17.0. The number of benzene rings is 2. The van der Waals surface area contributed by atoms with Gasteiger partial charge >= 0.3 is 13.6 Å². The summed E-state index contributed by atoms with van der Waals surface area (Å²) in [7, 11) is -0.806. The van der Waals surface area contributed by atoms with Gasteiger partial charge in [0.05, 0.1) is 18.7 Å². The number of carbonyl (C=O) groups is 2. The molecule has 0 bridgehead atoms. The van der Waals surface area contributed by atoms with E-state index >= 15 is 0 Å². The van der Waals surface area contributed by atoms with Crippen LogP contribution in [0.25, 0.3) is 11.1 Å². The predicted octanol–water partition coefficient (Wildman–Crippen LogP) is 2.89. The minimum atomic E-state index is -3.35. The van der Waals surface area contributed by atoms with Crippen molar-refractivity contribution >= 4 is 19.5 Å². The van der Waals surface area contributed by atoms with Crippen molar-refractivity contribution in [3.8, 4) is 11.1 Å². The van der Waals surface area contributed by atoms with E-state index in [1.807, 2.05) is 54.6 Å². The van der Waals surface area contributed by atoms with Crippen LogP contribution < -0.4 is 10.6 Å². The van der Waals surface area contributed by atoms with E-state index < -0.39 is 19.6 Å². The molecular formula is C21H27N2O6P. The molecule has 30 heavy (non-hydrogen) atoms. The first-order valence-electron chi connectivity index (χ1n) is 9.44. The van der Waals surface area contributed by atoms with E-state index in [4.69, 9.17) is 14.2 Å². The fraction of sp³-hybridized carbons (Fsp3) is 0.333. The first kappa shape index (κ1) is 23.8. The highest BCUT2D eigenvalue weighted by Crippen LogP contribution is 2.44. The highest BCUT2D eigenvalue weighted by Gasteiger charge is 2.26. The van der Waals surface area contributed by atoms with Crippen LogP contribution >= 0.6 is 7.60 Å². The van der Waals surface area contributed by atoms with Crippen molar-refractivity contribution in [1.29, 1.82) is 0 Å². The van der Waals surface area contributed by atoms with Gasteiger partial charge in [-0.1, -0.05) is 54.6 Å². The molecule has 0 aliphatic rings. The molecule has 0 radical (unpaired) electrons. The summed E-state index contributed by atoms with van der Waals surface area (Å²) in [6.07, 6.45) is -0.0145. The Morgan fingerprint density at radius 2 is 1.60 bits per heavy atom. The van der Waals surface area contributed by atoms with Crippen LogP contribution in [0.5, 0.6) is 0 Å². The number of nitrogens with one attached hydrogen (secondary N) is 2. The number of carbonyl (C=O) groups excluding carboxylic acids is 1. The maximum absolute atomic E-state index is 12.6. The van der Waals surface area contributed by atoms with Gasteiger partial charge < -0.3 is 19.5 Å². The molecule has 0 aromatic heterocycles. The van der Waals surface area contributed by atoms with Crippen LogP contribution in [0.1, 0.15) is 12.0 Å². The molecule has 9 heteroatoms. The van der Waals surface area contributed by atoms with Gasteiger partial charge in [-0.3, -0.25) is 19.5 Å². The van der Waals surface area contributed by atoms with Gasteiger partial charge in [-0.25, -0.2) is 0 Å². The molecule has 2 aromatic carbocycles. The average molecular weight is 434 g/mol. The fourth-order valence-electron chi connectivity index (χ4n) is 2.80. The Bertz CT molecular complexity index is 865. The molecule has 1 atom stereocenters. The zero-order valence-corrected chi connectivity index (χ0v) is 17.9. The number of hydrogen-bond acceptors (Lipinski definition) is 6. The van der Waals surface area contributed by atoms with Crippen molar-refractivity contribution < 1.29 is 28.3 Å². The summed E-state index contributed by atoms with van der Waals surface area (Å²) in [5, 5.41) is 14.3. The Balaban J connectivity index is 2.09. The highest BCUT2D eigenvalue weighted by atomic mass is 31.2. The van der Waals surface area contributed by atoms with Crippen molar-refractivity contribution in [2.24, 2.45) is 0 Å². The average Bonchev–Trinajstić information content (AvgIpc) is 2.77. The van der Waals surface area contributed by atoms with Crippen LogP contribution in [0.3, 0.4) is 0 Å². The SMILES string of the molecule is COP(=O)(CN[C@@H](Cc1ccc(-c2ccccc2)cc1)C(=O)NCCC(=O)O)OC. The highest BCUT2D eigenvalue weighted by molar-refractivity contribution is 7.53. The third-order valence-corrected chi connectivity index (χ3v) is 6.23. The summed E-state index contributed by atoms with van der Waals surface area (Å²) in [5.74, 6) is -1.39. The number of aliphatic carboxylic acids is 1. The van der Waals surface area contributed by atoms with Crippen molar-refractivity contribution in [2.75, 3.05) is 27.1 Å². The normalized spacial score (nSPS) is 12.3. The van der Waals surface area contributed by atoms with E-state index in [1.54, 1.807) is 0 Å². The number of hydrogen-bond donors (Lipinski definition) is 3. The van der Waals surface area contributed by atoms with Crippen LogP contribution in [-0.2, 0) is 29.6 Å². The van der Waals surface area contributed by atoms with Gasteiger partial charge in [0.2, 0.25) is 5.91 Å². The molecule has 0 aliphatic carbocycles. The number of carboxylic acid groups (broad SMARTS) is 1. The van der Waals surface area contributed by atoms with Gasteiger partial charge in [0, 0.05) is 20.8 Å². The smallest absolute Gasteiger partial charge is 0.343 e. The monoisotopic (exact) mass is 434 g/mol. The number of amides is 1. The second-order valence-corrected chi connectivity index (χ2v) is 8.86. The van der Waals surface area contributed by atoms with Crippen LogP contribution in [0.2, 0.25) is 0 Å². The van der Waals surface area contributed by atoms with E-state index in [-0.39, 0.29) is 25.2 Å². The van der Waals surface area contributed by atoms with Gasteiger partial charge in [-0.2, -0.15) is 0 Å². The summed E-state index contributed by atoms with van der Waals surface area (Å²) >= 11 is 0. The molecule has 1 amide bonds. The lowest BCUT2D eigenvalue weighted by Crippen LogP contribution is -2.46. The molecule has 2 aromatic rings.